The van der Waals surface area contributed by atoms with Gasteiger partial charge < -0.3 is 0 Å². The molecule has 0 radical (unpaired) electrons. The molecule has 4 nitrogen and oxygen atoms in total. The molecule has 3 aromatic heterocycles. The Bertz CT molecular complexity index is 910. The minimum absolute atomic E-state index is 0.849. The molecule has 0 aliphatic rings. The van der Waals surface area contributed by atoms with Crippen molar-refractivity contribution in [3.63, 3.8) is 0 Å². The number of fused-ring (bicyclic) bond motifs is 3. The van der Waals surface area contributed by atoms with Crippen LogP contribution in [-0.4, -0.2) is 19.6 Å². The van der Waals surface area contributed by atoms with Gasteiger partial charge in [-0.05, 0) is 13.0 Å². The van der Waals surface area contributed by atoms with E-state index < -0.39 is 0 Å². The molecule has 0 unspecified atom stereocenters. The van der Waals surface area contributed by atoms with Gasteiger partial charge >= 0.3 is 0 Å². The Morgan fingerprint density at radius 3 is 2.70 bits per heavy atom. The van der Waals surface area contributed by atoms with Gasteiger partial charge in [0.05, 0.1) is 11.2 Å². The smallest absolute Gasteiger partial charge is 0.156 e. The first-order chi connectivity index (χ1) is 9.83. The first-order valence-corrected chi connectivity index (χ1v) is 6.48. The van der Waals surface area contributed by atoms with Gasteiger partial charge in [0.1, 0.15) is 0 Å². The molecule has 20 heavy (non-hydrogen) atoms. The van der Waals surface area contributed by atoms with E-state index in [-0.39, 0.29) is 0 Å². The second kappa shape index (κ2) is 4.13. The SMILES string of the molecule is Cc1nccc2c1cnc1cc(-c3ccccc3)nn12. The third kappa shape index (κ3) is 1.58. The summed E-state index contributed by atoms with van der Waals surface area (Å²) in [4.78, 5) is 8.77. The Hall–Kier alpha value is -2.75. The fourth-order valence-corrected chi connectivity index (χ4v) is 2.43. The van der Waals surface area contributed by atoms with Crippen LogP contribution in [0.2, 0.25) is 0 Å². The summed E-state index contributed by atoms with van der Waals surface area (Å²) >= 11 is 0. The third-order valence-electron chi connectivity index (χ3n) is 3.48. The van der Waals surface area contributed by atoms with Gasteiger partial charge in [0.25, 0.3) is 0 Å². The summed E-state index contributed by atoms with van der Waals surface area (Å²) in [5.74, 6) is 0. The zero-order valence-electron chi connectivity index (χ0n) is 11.0. The molecule has 96 valence electrons. The molecule has 0 saturated carbocycles. The lowest BCUT2D eigenvalue weighted by molar-refractivity contribution is 0.983. The number of rotatable bonds is 1. The normalized spacial score (nSPS) is 11.2. The quantitative estimate of drug-likeness (QED) is 0.527. The number of nitrogens with zero attached hydrogens (tertiary/aromatic N) is 4. The lowest BCUT2D eigenvalue weighted by Crippen LogP contribution is -1.95. The van der Waals surface area contributed by atoms with Gasteiger partial charge in [-0.1, -0.05) is 30.3 Å². The standard InChI is InChI=1S/C16H12N4/c1-11-13-10-18-16-9-14(12-5-3-2-4-6-12)19-20(16)15(13)7-8-17-11/h2-10H,1H3. The van der Waals surface area contributed by atoms with Crippen molar-refractivity contribution in [3.8, 4) is 11.3 Å². The molecule has 4 heteroatoms. The topological polar surface area (TPSA) is 43.1 Å². The van der Waals surface area contributed by atoms with E-state index in [1.165, 1.54) is 0 Å². The van der Waals surface area contributed by atoms with Gasteiger partial charge in [-0.15, -0.1) is 0 Å². The van der Waals surface area contributed by atoms with Crippen molar-refractivity contribution in [1.29, 1.82) is 0 Å². The average molecular weight is 260 g/mol. The van der Waals surface area contributed by atoms with Crippen molar-refractivity contribution < 1.29 is 0 Å². The Morgan fingerprint density at radius 1 is 1.00 bits per heavy atom. The Morgan fingerprint density at radius 2 is 1.85 bits per heavy atom. The van der Waals surface area contributed by atoms with E-state index >= 15 is 0 Å². The molecule has 4 rings (SSSR count). The minimum atomic E-state index is 0.849. The van der Waals surface area contributed by atoms with Crippen molar-refractivity contribution in [2.45, 2.75) is 6.92 Å². The van der Waals surface area contributed by atoms with Gasteiger partial charge in [-0.2, -0.15) is 5.10 Å². The summed E-state index contributed by atoms with van der Waals surface area (Å²) in [6, 6.07) is 14.1. The first kappa shape index (κ1) is 11.1. The molecule has 4 aromatic rings. The summed E-state index contributed by atoms with van der Waals surface area (Å²) in [6.07, 6.45) is 3.67. The van der Waals surface area contributed by atoms with E-state index in [0.717, 1.165) is 33.5 Å². The highest BCUT2D eigenvalue weighted by Crippen LogP contribution is 2.22. The molecule has 0 amide bonds. The van der Waals surface area contributed by atoms with E-state index in [1.807, 2.05) is 48.0 Å². The van der Waals surface area contributed by atoms with Crippen LogP contribution in [0.25, 0.3) is 27.8 Å². The Kier molecular flexibility index (Phi) is 2.29. The summed E-state index contributed by atoms with van der Waals surface area (Å²) in [6.45, 7) is 1.98. The van der Waals surface area contributed by atoms with Crippen LogP contribution in [-0.2, 0) is 0 Å². The number of hydrogen-bond acceptors (Lipinski definition) is 3. The highest BCUT2D eigenvalue weighted by molar-refractivity contribution is 5.82. The van der Waals surface area contributed by atoms with Crippen LogP contribution in [0.5, 0.6) is 0 Å². The van der Waals surface area contributed by atoms with Crippen LogP contribution in [0.4, 0.5) is 0 Å². The number of aryl methyl sites for hydroxylation is 1. The van der Waals surface area contributed by atoms with Crippen molar-refractivity contribution in [2.24, 2.45) is 0 Å². The van der Waals surface area contributed by atoms with E-state index in [0.29, 0.717) is 0 Å². The summed E-state index contributed by atoms with van der Waals surface area (Å²) < 4.78 is 1.88. The average Bonchev–Trinajstić information content (AvgIpc) is 2.93. The summed E-state index contributed by atoms with van der Waals surface area (Å²) in [5, 5.41) is 5.71. The molecule has 1 aromatic carbocycles. The zero-order valence-corrected chi connectivity index (χ0v) is 11.0. The van der Waals surface area contributed by atoms with Crippen molar-refractivity contribution in [2.75, 3.05) is 0 Å². The Balaban J connectivity index is 2.05. The zero-order chi connectivity index (χ0) is 13.5. The molecule has 0 aliphatic carbocycles. The van der Waals surface area contributed by atoms with Crippen molar-refractivity contribution in [3.05, 3.63) is 60.6 Å². The monoisotopic (exact) mass is 260 g/mol. The van der Waals surface area contributed by atoms with Gasteiger partial charge in [-0.25, -0.2) is 9.50 Å². The highest BCUT2D eigenvalue weighted by atomic mass is 15.3. The molecule has 0 atom stereocenters. The van der Waals surface area contributed by atoms with E-state index in [9.17, 15) is 0 Å². The predicted molar refractivity (Wildman–Crippen MR) is 78.5 cm³/mol. The lowest BCUT2D eigenvalue weighted by atomic mass is 10.2. The van der Waals surface area contributed by atoms with Gasteiger partial charge in [0.2, 0.25) is 0 Å². The predicted octanol–water partition coefficient (Wildman–Crippen LogP) is 3.25. The summed E-state index contributed by atoms with van der Waals surface area (Å²) in [5.41, 5.74) is 4.87. The second-order valence-electron chi connectivity index (χ2n) is 4.75. The van der Waals surface area contributed by atoms with Gasteiger partial charge in [-0.3, -0.25) is 4.98 Å². The van der Waals surface area contributed by atoms with E-state index in [2.05, 4.69) is 27.2 Å². The molecule has 0 N–H and O–H groups in total. The fourth-order valence-electron chi connectivity index (χ4n) is 2.43. The second-order valence-corrected chi connectivity index (χ2v) is 4.75. The molecule has 0 spiro atoms. The maximum Gasteiger partial charge on any atom is 0.156 e. The summed E-state index contributed by atoms with van der Waals surface area (Å²) in [7, 11) is 0. The van der Waals surface area contributed by atoms with Gasteiger partial charge in [0, 0.05) is 35.1 Å². The van der Waals surface area contributed by atoms with Crippen LogP contribution in [0.3, 0.4) is 0 Å². The van der Waals surface area contributed by atoms with Crippen LogP contribution in [0.15, 0.2) is 54.9 Å². The molecule has 0 aliphatic heterocycles. The highest BCUT2D eigenvalue weighted by Gasteiger charge is 2.08. The Labute approximate surface area is 115 Å². The maximum absolute atomic E-state index is 4.68. The van der Waals surface area contributed by atoms with Crippen molar-refractivity contribution >= 4 is 16.6 Å². The largest absolute Gasteiger partial charge is 0.261 e. The van der Waals surface area contributed by atoms with E-state index in [4.69, 9.17) is 0 Å². The number of aromatic nitrogens is 4. The molecular formula is C16H12N4. The van der Waals surface area contributed by atoms with Crippen LogP contribution in [0.1, 0.15) is 5.69 Å². The third-order valence-corrected chi connectivity index (χ3v) is 3.48. The molecule has 3 heterocycles. The minimum Gasteiger partial charge on any atom is -0.261 e. The fraction of sp³-hybridized carbons (Fsp3) is 0.0625. The van der Waals surface area contributed by atoms with Gasteiger partial charge in [0.15, 0.2) is 5.65 Å². The molecule has 0 fully saturated rings. The molecule has 0 saturated heterocycles. The van der Waals surface area contributed by atoms with Crippen molar-refractivity contribution in [1.82, 2.24) is 19.6 Å². The number of pyridine rings is 1. The van der Waals surface area contributed by atoms with Crippen LogP contribution >= 0.6 is 0 Å². The maximum atomic E-state index is 4.68. The van der Waals surface area contributed by atoms with Crippen LogP contribution < -0.4 is 0 Å². The lowest BCUT2D eigenvalue weighted by Gasteiger charge is -2.02. The van der Waals surface area contributed by atoms with Crippen LogP contribution in [0, 0.1) is 6.92 Å². The van der Waals surface area contributed by atoms with E-state index in [1.54, 1.807) is 6.20 Å². The number of hydrogen-bond donors (Lipinski definition) is 0. The number of benzene rings is 1. The molecule has 0 bridgehead atoms. The first-order valence-electron chi connectivity index (χ1n) is 6.48. The molecular weight excluding hydrogens is 248 g/mol.